The van der Waals surface area contributed by atoms with E-state index in [2.05, 4.69) is 5.32 Å². The summed E-state index contributed by atoms with van der Waals surface area (Å²) in [6.45, 7) is 0.963. The predicted octanol–water partition coefficient (Wildman–Crippen LogP) is 1.84. The lowest BCUT2D eigenvalue weighted by Gasteiger charge is -2.04. The Morgan fingerprint density at radius 3 is 3.09 bits per heavy atom. The standard InChI is InChI=1S/C8H10FNO/c9-6-3-5-11-8(6)7-2-1-4-10-7/h3,5,7,10H,1-2,4H2/t7-/m0/s1. The number of halogens is 1. The van der Waals surface area contributed by atoms with Gasteiger partial charge in [-0.15, -0.1) is 0 Å². The number of hydrogen-bond donors (Lipinski definition) is 1. The molecule has 60 valence electrons. The van der Waals surface area contributed by atoms with Crippen molar-refractivity contribution in [3.05, 3.63) is 23.9 Å². The van der Waals surface area contributed by atoms with Crippen LogP contribution in [0.3, 0.4) is 0 Å². The predicted molar refractivity (Wildman–Crippen MR) is 38.6 cm³/mol. The molecule has 3 heteroatoms. The molecule has 2 rings (SSSR count). The fraction of sp³-hybridized carbons (Fsp3) is 0.500. The van der Waals surface area contributed by atoms with Crippen molar-refractivity contribution < 1.29 is 8.81 Å². The molecule has 1 aromatic rings. The molecule has 0 spiro atoms. The van der Waals surface area contributed by atoms with Gasteiger partial charge in [0.15, 0.2) is 11.6 Å². The summed E-state index contributed by atoms with van der Waals surface area (Å²) >= 11 is 0. The van der Waals surface area contributed by atoms with Crippen LogP contribution in [0.15, 0.2) is 16.7 Å². The molecule has 0 bridgehead atoms. The third-order valence-electron chi connectivity index (χ3n) is 2.02. The maximum Gasteiger partial charge on any atom is 0.166 e. The van der Waals surface area contributed by atoms with Crippen LogP contribution in [0.4, 0.5) is 4.39 Å². The van der Waals surface area contributed by atoms with Gasteiger partial charge in [0.25, 0.3) is 0 Å². The molecule has 2 nitrogen and oxygen atoms in total. The summed E-state index contributed by atoms with van der Waals surface area (Å²) in [5.41, 5.74) is 0. The maximum atomic E-state index is 12.9. The Kier molecular flexibility index (Phi) is 1.66. The van der Waals surface area contributed by atoms with E-state index in [-0.39, 0.29) is 11.9 Å². The summed E-state index contributed by atoms with van der Waals surface area (Å²) in [6, 6.07) is 1.46. The second-order valence-corrected chi connectivity index (χ2v) is 2.78. The van der Waals surface area contributed by atoms with Crippen molar-refractivity contribution >= 4 is 0 Å². The van der Waals surface area contributed by atoms with Crippen LogP contribution in [0.5, 0.6) is 0 Å². The molecule has 0 amide bonds. The van der Waals surface area contributed by atoms with Gasteiger partial charge in [-0.25, -0.2) is 4.39 Å². The monoisotopic (exact) mass is 155 g/mol. The lowest BCUT2D eigenvalue weighted by molar-refractivity contribution is 0.415. The molecule has 1 saturated heterocycles. The highest BCUT2D eigenvalue weighted by Gasteiger charge is 2.21. The second kappa shape index (κ2) is 2.66. The molecule has 1 N–H and O–H groups in total. The van der Waals surface area contributed by atoms with Gasteiger partial charge in [0.2, 0.25) is 0 Å². The molecule has 0 aromatic carbocycles. The highest BCUT2D eigenvalue weighted by molar-refractivity contribution is 5.08. The first-order valence-corrected chi connectivity index (χ1v) is 3.84. The van der Waals surface area contributed by atoms with Gasteiger partial charge in [0, 0.05) is 6.07 Å². The average Bonchev–Trinajstić information content (AvgIpc) is 2.55. The van der Waals surface area contributed by atoms with E-state index < -0.39 is 0 Å². The Morgan fingerprint density at radius 2 is 2.55 bits per heavy atom. The minimum atomic E-state index is -0.232. The summed E-state index contributed by atoms with van der Waals surface area (Å²) in [5, 5.41) is 3.17. The van der Waals surface area contributed by atoms with E-state index in [9.17, 15) is 4.39 Å². The molecule has 1 aromatic heterocycles. The van der Waals surface area contributed by atoms with E-state index in [0.29, 0.717) is 5.76 Å². The van der Waals surface area contributed by atoms with Gasteiger partial charge in [-0.1, -0.05) is 0 Å². The summed E-state index contributed by atoms with van der Waals surface area (Å²) in [7, 11) is 0. The molecule has 0 saturated carbocycles. The van der Waals surface area contributed by atoms with Crippen molar-refractivity contribution in [3.8, 4) is 0 Å². The molecular formula is C8H10FNO. The number of furan rings is 1. The molecule has 11 heavy (non-hydrogen) atoms. The third-order valence-corrected chi connectivity index (χ3v) is 2.02. The third kappa shape index (κ3) is 1.16. The zero-order chi connectivity index (χ0) is 7.68. The lowest BCUT2D eigenvalue weighted by atomic mass is 10.2. The Bertz CT molecular complexity index is 240. The van der Waals surface area contributed by atoms with Crippen LogP contribution in [0, 0.1) is 5.82 Å². The largest absolute Gasteiger partial charge is 0.465 e. The first-order chi connectivity index (χ1) is 5.38. The number of rotatable bonds is 1. The van der Waals surface area contributed by atoms with Crippen LogP contribution < -0.4 is 5.32 Å². The Balaban J connectivity index is 2.21. The molecule has 0 aliphatic carbocycles. The second-order valence-electron chi connectivity index (χ2n) is 2.78. The zero-order valence-electron chi connectivity index (χ0n) is 6.14. The molecule has 1 aliphatic rings. The summed E-state index contributed by atoms with van der Waals surface area (Å²) in [4.78, 5) is 0. The van der Waals surface area contributed by atoms with E-state index in [4.69, 9.17) is 4.42 Å². The van der Waals surface area contributed by atoms with E-state index in [1.54, 1.807) is 0 Å². The van der Waals surface area contributed by atoms with Crippen LogP contribution in [0.2, 0.25) is 0 Å². The quantitative estimate of drug-likeness (QED) is 0.669. The summed E-state index contributed by atoms with van der Waals surface area (Å²) in [6.07, 6.45) is 3.47. The van der Waals surface area contributed by atoms with Crippen LogP contribution in [0.25, 0.3) is 0 Å². The molecule has 0 radical (unpaired) electrons. The zero-order valence-corrected chi connectivity index (χ0v) is 6.14. The van der Waals surface area contributed by atoms with Crippen LogP contribution >= 0.6 is 0 Å². The van der Waals surface area contributed by atoms with Gasteiger partial charge in [0.1, 0.15) is 0 Å². The van der Waals surface area contributed by atoms with Gasteiger partial charge in [-0.3, -0.25) is 0 Å². The molecule has 0 unspecified atom stereocenters. The maximum absolute atomic E-state index is 12.9. The summed E-state index contributed by atoms with van der Waals surface area (Å²) < 4.78 is 17.9. The molecule has 1 aliphatic heterocycles. The SMILES string of the molecule is Fc1ccoc1[C@@H]1CCCN1. The van der Waals surface area contributed by atoms with E-state index in [1.165, 1.54) is 12.3 Å². The minimum absolute atomic E-state index is 0.102. The normalized spacial score (nSPS) is 24.3. The van der Waals surface area contributed by atoms with Gasteiger partial charge in [-0.05, 0) is 19.4 Å². The van der Waals surface area contributed by atoms with Crippen molar-refractivity contribution in [2.24, 2.45) is 0 Å². The first kappa shape index (κ1) is 6.85. The van der Waals surface area contributed by atoms with Gasteiger partial charge >= 0.3 is 0 Å². The number of hydrogen-bond acceptors (Lipinski definition) is 2. The fourth-order valence-corrected chi connectivity index (χ4v) is 1.46. The van der Waals surface area contributed by atoms with Crippen molar-refractivity contribution in [1.29, 1.82) is 0 Å². The topological polar surface area (TPSA) is 25.2 Å². The van der Waals surface area contributed by atoms with Crippen molar-refractivity contribution in [2.45, 2.75) is 18.9 Å². The Labute approximate surface area is 64.4 Å². The highest BCUT2D eigenvalue weighted by atomic mass is 19.1. The van der Waals surface area contributed by atoms with Crippen molar-refractivity contribution in [3.63, 3.8) is 0 Å². The van der Waals surface area contributed by atoms with E-state index in [0.717, 1.165) is 19.4 Å². The molecule has 2 heterocycles. The molecule has 1 fully saturated rings. The Morgan fingerprint density at radius 1 is 1.64 bits per heavy atom. The van der Waals surface area contributed by atoms with Crippen molar-refractivity contribution in [2.75, 3.05) is 6.54 Å². The van der Waals surface area contributed by atoms with Gasteiger partial charge in [-0.2, -0.15) is 0 Å². The summed E-state index contributed by atoms with van der Waals surface area (Å²) in [5.74, 6) is 0.229. The average molecular weight is 155 g/mol. The van der Waals surface area contributed by atoms with Gasteiger partial charge in [0.05, 0.1) is 12.3 Å². The molecular weight excluding hydrogens is 145 g/mol. The molecule has 1 atom stereocenters. The minimum Gasteiger partial charge on any atom is -0.465 e. The number of nitrogens with one attached hydrogen (secondary N) is 1. The lowest BCUT2D eigenvalue weighted by Crippen LogP contribution is -2.12. The van der Waals surface area contributed by atoms with Crippen LogP contribution in [0.1, 0.15) is 24.6 Å². The first-order valence-electron chi connectivity index (χ1n) is 3.84. The Hall–Kier alpha value is -0.830. The van der Waals surface area contributed by atoms with Crippen LogP contribution in [-0.4, -0.2) is 6.54 Å². The van der Waals surface area contributed by atoms with Crippen molar-refractivity contribution in [1.82, 2.24) is 5.32 Å². The highest BCUT2D eigenvalue weighted by Crippen LogP contribution is 2.25. The van der Waals surface area contributed by atoms with E-state index >= 15 is 0 Å². The fourth-order valence-electron chi connectivity index (χ4n) is 1.46. The van der Waals surface area contributed by atoms with E-state index in [1.807, 2.05) is 0 Å². The van der Waals surface area contributed by atoms with Gasteiger partial charge < -0.3 is 9.73 Å². The van der Waals surface area contributed by atoms with Crippen LogP contribution in [-0.2, 0) is 0 Å². The smallest absolute Gasteiger partial charge is 0.166 e.